The maximum absolute atomic E-state index is 12.9. The van der Waals surface area contributed by atoms with Crippen LogP contribution in [0.2, 0.25) is 0 Å². The number of aliphatic hydroxyl groups excluding tert-OH is 1. The lowest BCUT2D eigenvalue weighted by atomic mass is 9.82. The van der Waals surface area contributed by atoms with Crippen LogP contribution in [0.4, 0.5) is 0 Å². The number of aromatic hydroxyl groups is 1. The second kappa shape index (κ2) is 7.69. The summed E-state index contributed by atoms with van der Waals surface area (Å²) < 4.78 is 2.67. The Hall–Kier alpha value is -2.78. The van der Waals surface area contributed by atoms with Crippen molar-refractivity contribution in [3.63, 3.8) is 0 Å². The lowest BCUT2D eigenvalue weighted by Crippen LogP contribution is -3.00. The fourth-order valence-electron chi connectivity index (χ4n) is 3.67. The van der Waals surface area contributed by atoms with Crippen molar-refractivity contribution < 1.29 is 27.6 Å². The standard InChI is InChI=1S/C18H23N5O4.ClH/c1-8-12(17(26)22(4)20-8)15(13-9(2)21-23(5)18(13)27)14-11(7-24)6-19-10(3)16(14)25;/h6,15,20-21,24-25H,7H2,1-5H3;1H. The average molecular weight is 410 g/mol. The van der Waals surface area contributed by atoms with Crippen LogP contribution in [0.3, 0.4) is 0 Å². The van der Waals surface area contributed by atoms with E-state index in [1.54, 1.807) is 41.1 Å². The maximum atomic E-state index is 12.9. The molecule has 3 aromatic heterocycles. The first-order valence-corrected chi connectivity index (χ1v) is 8.53. The van der Waals surface area contributed by atoms with E-state index in [2.05, 4.69) is 15.2 Å². The lowest BCUT2D eigenvalue weighted by molar-refractivity contribution is -0.389. The van der Waals surface area contributed by atoms with Crippen molar-refractivity contribution in [3.05, 3.63) is 66.2 Å². The zero-order valence-electron chi connectivity index (χ0n) is 16.3. The number of hydrogen-bond donors (Lipinski definition) is 4. The minimum absolute atomic E-state index is 0. The molecule has 0 radical (unpaired) electrons. The highest BCUT2D eigenvalue weighted by molar-refractivity contribution is 5.52. The van der Waals surface area contributed by atoms with E-state index in [9.17, 15) is 19.8 Å². The van der Waals surface area contributed by atoms with Gasteiger partial charge in [0.1, 0.15) is 0 Å². The SMILES string of the molecule is Cc1[nH]n(C)c(=O)c1C(c1c(CO)c[nH+]c(C)c1O)c1c(C)[nH]n(C)c1=O.[Cl-]. The predicted molar refractivity (Wildman–Crippen MR) is 97.8 cm³/mol. The molecule has 152 valence electrons. The molecule has 0 aliphatic carbocycles. The van der Waals surface area contributed by atoms with Gasteiger partial charge in [-0.2, -0.15) is 0 Å². The Morgan fingerprint density at radius 1 is 1.00 bits per heavy atom. The summed E-state index contributed by atoms with van der Waals surface area (Å²) in [6.07, 6.45) is 1.58. The number of aliphatic hydroxyl groups is 1. The molecule has 10 heteroatoms. The smallest absolute Gasteiger partial charge is 0.270 e. The third-order valence-electron chi connectivity index (χ3n) is 5.00. The molecule has 0 saturated carbocycles. The van der Waals surface area contributed by atoms with Gasteiger partial charge in [0, 0.05) is 43.5 Å². The minimum atomic E-state index is -0.838. The van der Waals surface area contributed by atoms with E-state index in [0.29, 0.717) is 39.3 Å². The van der Waals surface area contributed by atoms with Gasteiger partial charge in [-0.25, -0.2) is 4.98 Å². The molecule has 0 aliphatic rings. The number of nitrogens with one attached hydrogen (secondary N) is 3. The topological polar surface area (TPSA) is 130 Å². The zero-order chi connectivity index (χ0) is 20.0. The molecule has 0 amide bonds. The summed E-state index contributed by atoms with van der Waals surface area (Å²) >= 11 is 0. The van der Waals surface area contributed by atoms with Crippen molar-refractivity contribution in [1.82, 2.24) is 19.6 Å². The summed E-state index contributed by atoms with van der Waals surface area (Å²) in [7, 11) is 3.18. The number of aryl methyl sites for hydroxylation is 5. The van der Waals surface area contributed by atoms with Crippen LogP contribution in [0.25, 0.3) is 0 Å². The highest BCUT2D eigenvalue weighted by Gasteiger charge is 2.34. The molecule has 5 N–H and O–H groups in total. The van der Waals surface area contributed by atoms with E-state index in [-0.39, 0.29) is 35.9 Å². The Morgan fingerprint density at radius 3 is 1.82 bits per heavy atom. The van der Waals surface area contributed by atoms with Crippen molar-refractivity contribution in [2.24, 2.45) is 14.1 Å². The molecule has 0 saturated heterocycles. The van der Waals surface area contributed by atoms with Crippen molar-refractivity contribution in [1.29, 1.82) is 0 Å². The Labute approximate surface area is 167 Å². The lowest BCUT2D eigenvalue weighted by Gasteiger charge is -2.19. The average Bonchev–Trinajstić information content (AvgIpc) is 3.01. The molecule has 9 nitrogen and oxygen atoms in total. The third-order valence-corrected chi connectivity index (χ3v) is 5.00. The van der Waals surface area contributed by atoms with E-state index < -0.39 is 5.92 Å². The number of H-pyrrole nitrogens is 3. The van der Waals surface area contributed by atoms with E-state index >= 15 is 0 Å². The number of pyridine rings is 1. The molecule has 0 aliphatic heterocycles. The van der Waals surface area contributed by atoms with Crippen molar-refractivity contribution in [3.8, 4) is 5.75 Å². The number of aromatic nitrogens is 5. The largest absolute Gasteiger partial charge is 1.00 e. The molecule has 0 fully saturated rings. The fourth-order valence-corrected chi connectivity index (χ4v) is 3.67. The predicted octanol–water partition coefficient (Wildman–Crippen LogP) is -3.14. The summed E-state index contributed by atoms with van der Waals surface area (Å²) in [5.41, 5.74) is 2.51. The van der Waals surface area contributed by atoms with Gasteiger partial charge >= 0.3 is 0 Å². The Kier molecular flexibility index (Phi) is 5.91. The van der Waals surface area contributed by atoms with Gasteiger partial charge in [0.15, 0.2) is 11.9 Å². The quantitative estimate of drug-likeness (QED) is 0.363. The fraction of sp³-hybridized carbons (Fsp3) is 0.389. The zero-order valence-corrected chi connectivity index (χ0v) is 17.1. The van der Waals surface area contributed by atoms with E-state index in [4.69, 9.17) is 0 Å². The molecular formula is C18H24ClN5O4. The normalized spacial score (nSPS) is 11.1. The second-order valence-corrected chi connectivity index (χ2v) is 6.82. The van der Waals surface area contributed by atoms with E-state index in [0.717, 1.165) is 0 Å². The Balaban J connectivity index is 0.00000280. The second-order valence-electron chi connectivity index (χ2n) is 6.82. The van der Waals surface area contributed by atoms with Crippen LogP contribution in [-0.4, -0.2) is 29.8 Å². The molecule has 0 atom stereocenters. The van der Waals surface area contributed by atoms with Crippen LogP contribution < -0.4 is 28.5 Å². The van der Waals surface area contributed by atoms with E-state index in [1.807, 2.05) is 0 Å². The van der Waals surface area contributed by atoms with Crippen LogP contribution in [0.1, 0.15) is 45.3 Å². The van der Waals surface area contributed by atoms with Crippen LogP contribution >= 0.6 is 0 Å². The van der Waals surface area contributed by atoms with Crippen molar-refractivity contribution in [2.75, 3.05) is 0 Å². The van der Waals surface area contributed by atoms with Gasteiger partial charge < -0.3 is 22.6 Å². The molecule has 3 heterocycles. The highest BCUT2D eigenvalue weighted by atomic mass is 35.5. The van der Waals surface area contributed by atoms with Gasteiger partial charge in [-0.3, -0.25) is 29.2 Å². The van der Waals surface area contributed by atoms with Crippen LogP contribution in [0.15, 0.2) is 15.8 Å². The molecule has 0 aromatic carbocycles. The van der Waals surface area contributed by atoms with Gasteiger partial charge in [0.25, 0.3) is 11.1 Å². The van der Waals surface area contributed by atoms with Gasteiger partial charge in [0.2, 0.25) is 5.69 Å². The molecular weight excluding hydrogens is 386 g/mol. The maximum Gasteiger partial charge on any atom is 0.270 e. The van der Waals surface area contributed by atoms with Crippen molar-refractivity contribution >= 4 is 0 Å². The molecule has 3 aromatic rings. The summed E-state index contributed by atoms with van der Waals surface area (Å²) in [4.78, 5) is 28.6. The molecule has 0 bridgehead atoms. The van der Waals surface area contributed by atoms with Gasteiger partial charge in [-0.15, -0.1) is 0 Å². The summed E-state index contributed by atoms with van der Waals surface area (Å²) in [6, 6.07) is 0. The van der Waals surface area contributed by atoms with Crippen molar-refractivity contribution in [2.45, 2.75) is 33.3 Å². The summed E-state index contributed by atoms with van der Waals surface area (Å²) in [5.74, 6) is -0.924. The van der Waals surface area contributed by atoms with Crippen LogP contribution in [0, 0.1) is 20.8 Å². The number of rotatable bonds is 4. The number of aromatic amines is 3. The Bertz CT molecular complexity index is 1080. The third kappa shape index (κ3) is 3.16. The molecule has 0 spiro atoms. The van der Waals surface area contributed by atoms with E-state index in [1.165, 1.54) is 9.36 Å². The molecule has 28 heavy (non-hydrogen) atoms. The first kappa shape index (κ1) is 21.5. The first-order chi connectivity index (χ1) is 12.7. The Morgan fingerprint density at radius 2 is 1.46 bits per heavy atom. The van der Waals surface area contributed by atoms with Crippen LogP contribution in [-0.2, 0) is 20.7 Å². The van der Waals surface area contributed by atoms with Gasteiger partial charge in [-0.05, 0) is 13.8 Å². The molecule has 0 unspecified atom stereocenters. The summed E-state index contributed by atoms with van der Waals surface area (Å²) in [6.45, 7) is 4.81. The minimum Gasteiger partial charge on any atom is -1.00 e. The highest BCUT2D eigenvalue weighted by Crippen LogP contribution is 2.38. The van der Waals surface area contributed by atoms with Crippen LogP contribution in [0.5, 0.6) is 5.75 Å². The summed E-state index contributed by atoms with van der Waals surface area (Å²) in [5, 5.41) is 26.5. The van der Waals surface area contributed by atoms with Gasteiger partial charge in [0.05, 0.1) is 23.7 Å². The molecule has 3 rings (SSSR count). The number of halogens is 1. The number of hydrogen-bond acceptors (Lipinski definition) is 4. The van der Waals surface area contributed by atoms with Gasteiger partial charge in [-0.1, -0.05) is 0 Å². The number of nitrogens with zero attached hydrogens (tertiary/aromatic N) is 2. The monoisotopic (exact) mass is 409 g/mol. The first-order valence-electron chi connectivity index (χ1n) is 8.53.